The quantitative estimate of drug-likeness (QED) is 0.445. The third-order valence-corrected chi connectivity index (χ3v) is 7.53. The Morgan fingerprint density at radius 2 is 1.71 bits per heavy atom. The summed E-state index contributed by atoms with van der Waals surface area (Å²) in [5, 5.41) is 2.53. The van der Waals surface area contributed by atoms with Crippen LogP contribution in [0.5, 0.6) is 0 Å². The molecule has 1 saturated heterocycles. The summed E-state index contributed by atoms with van der Waals surface area (Å²) in [6.07, 6.45) is 2.02. The number of carbonyl (C=O) groups excluding carboxylic acids is 1. The summed E-state index contributed by atoms with van der Waals surface area (Å²) in [5.41, 5.74) is -0.399. The second kappa shape index (κ2) is 11.0. The maximum Gasteiger partial charge on any atom is 0.416 e. The van der Waals surface area contributed by atoms with E-state index in [0.717, 1.165) is 49.5 Å². The number of rotatable bonds is 6. The molecule has 1 atom stereocenters. The Bertz CT molecular complexity index is 984. The first-order chi connectivity index (χ1) is 16.7. The van der Waals surface area contributed by atoms with Crippen LogP contribution in [0.2, 0.25) is 0 Å². The van der Waals surface area contributed by atoms with Crippen LogP contribution in [0.25, 0.3) is 0 Å². The van der Waals surface area contributed by atoms with Crippen molar-refractivity contribution in [2.75, 3.05) is 18.4 Å². The van der Waals surface area contributed by atoms with Crippen molar-refractivity contribution >= 4 is 11.7 Å². The molecule has 0 bridgehead atoms. The van der Waals surface area contributed by atoms with Gasteiger partial charge in [-0.1, -0.05) is 43.2 Å². The maximum atomic E-state index is 13.9. The topological polar surface area (TPSA) is 35.6 Å². The zero-order valence-electron chi connectivity index (χ0n) is 20.0. The van der Waals surface area contributed by atoms with E-state index in [2.05, 4.69) is 17.1 Å². The molecule has 4 rings (SSSR count). The second-order valence-electron chi connectivity index (χ2n) is 9.82. The van der Waals surface area contributed by atoms with Gasteiger partial charge in [0.2, 0.25) is 0 Å². The molecule has 0 spiro atoms. The van der Waals surface area contributed by atoms with Gasteiger partial charge in [0.1, 0.15) is 5.82 Å². The highest BCUT2D eigenvalue weighted by molar-refractivity contribution is 5.89. The monoisotopic (exact) mass is 491 g/mol. The van der Waals surface area contributed by atoms with Crippen LogP contribution in [-0.2, 0) is 12.7 Å². The van der Waals surface area contributed by atoms with Crippen molar-refractivity contribution in [2.24, 2.45) is 5.92 Å². The first kappa shape index (κ1) is 25.5. The van der Waals surface area contributed by atoms with Crippen LogP contribution in [0.1, 0.15) is 56.6 Å². The van der Waals surface area contributed by atoms with Crippen LogP contribution in [-0.4, -0.2) is 41.0 Å². The van der Waals surface area contributed by atoms with E-state index in [-0.39, 0.29) is 11.7 Å². The van der Waals surface area contributed by atoms with Crippen molar-refractivity contribution in [3.63, 3.8) is 0 Å². The van der Waals surface area contributed by atoms with E-state index in [9.17, 15) is 22.4 Å². The highest BCUT2D eigenvalue weighted by Gasteiger charge is 2.34. The molecule has 1 aliphatic carbocycles. The van der Waals surface area contributed by atoms with E-state index < -0.39 is 23.6 Å². The number of nitrogens with zero attached hydrogens (tertiary/aromatic N) is 2. The molecule has 190 valence electrons. The molecule has 0 radical (unpaired) electrons. The van der Waals surface area contributed by atoms with Gasteiger partial charge in [0.15, 0.2) is 0 Å². The van der Waals surface area contributed by atoms with Gasteiger partial charge in [0.25, 0.3) is 0 Å². The lowest BCUT2D eigenvalue weighted by atomic mass is 9.94. The highest BCUT2D eigenvalue weighted by Crippen LogP contribution is 2.33. The number of hydrogen-bond acceptors (Lipinski definition) is 2. The van der Waals surface area contributed by atoms with Gasteiger partial charge in [0.05, 0.1) is 5.56 Å². The molecular weight excluding hydrogens is 458 g/mol. The summed E-state index contributed by atoms with van der Waals surface area (Å²) in [5.74, 6) is -0.315. The number of hydrogen-bond donors (Lipinski definition) is 1. The van der Waals surface area contributed by atoms with E-state index in [1.807, 2.05) is 30.3 Å². The van der Waals surface area contributed by atoms with Gasteiger partial charge in [-0.2, -0.15) is 13.2 Å². The fraction of sp³-hybridized carbons (Fsp3) is 0.519. The Balaban J connectivity index is 1.48. The lowest BCUT2D eigenvalue weighted by Crippen LogP contribution is -2.51. The molecule has 1 saturated carbocycles. The Kier molecular flexibility index (Phi) is 7.99. The number of urea groups is 1. The van der Waals surface area contributed by atoms with Crippen molar-refractivity contribution in [2.45, 2.75) is 70.3 Å². The number of likely N-dealkylation sites (tertiary alicyclic amines) is 1. The van der Waals surface area contributed by atoms with Crippen LogP contribution in [0.3, 0.4) is 0 Å². The van der Waals surface area contributed by atoms with Crippen LogP contribution in [0.15, 0.2) is 48.5 Å². The number of nitrogens with one attached hydrogen (secondary N) is 1. The van der Waals surface area contributed by atoms with Crippen molar-refractivity contribution in [1.29, 1.82) is 0 Å². The van der Waals surface area contributed by atoms with Gasteiger partial charge < -0.3 is 15.1 Å². The van der Waals surface area contributed by atoms with Crippen molar-refractivity contribution in [1.82, 2.24) is 9.80 Å². The molecule has 1 aliphatic heterocycles. The summed E-state index contributed by atoms with van der Waals surface area (Å²) in [4.78, 5) is 17.5. The molecule has 2 aromatic carbocycles. The van der Waals surface area contributed by atoms with Crippen LogP contribution in [0, 0.1) is 11.7 Å². The van der Waals surface area contributed by atoms with Gasteiger partial charge in [0, 0.05) is 37.4 Å². The molecule has 2 amide bonds. The van der Waals surface area contributed by atoms with E-state index in [4.69, 9.17) is 0 Å². The van der Waals surface area contributed by atoms with Crippen molar-refractivity contribution in [3.8, 4) is 0 Å². The molecule has 2 aliphatic rings. The summed E-state index contributed by atoms with van der Waals surface area (Å²) >= 11 is 0. The van der Waals surface area contributed by atoms with Gasteiger partial charge in [-0.15, -0.1) is 0 Å². The third kappa shape index (κ3) is 6.54. The predicted octanol–water partition coefficient (Wildman–Crippen LogP) is 6.92. The molecule has 0 aromatic heterocycles. The Labute approximate surface area is 204 Å². The zero-order valence-corrected chi connectivity index (χ0v) is 20.0. The molecule has 1 N–H and O–H groups in total. The van der Waals surface area contributed by atoms with E-state index in [0.29, 0.717) is 18.7 Å². The average molecular weight is 492 g/mol. The Morgan fingerprint density at radius 1 is 1.06 bits per heavy atom. The number of piperidine rings is 1. The van der Waals surface area contributed by atoms with Crippen molar-refractivity contribution in [3.05, 3.63) is 65.5 Å². The SMILES string of the molecule is CC(C1CCCC1)N1CCC(N(Cc2ccccc2)C(=O)Nc2cc(F)cc(C(F)(F)F)c2)CC1. The largest absolute Gasteiger partial charge is 0.416 e. The number of anilines is 1. The lowest BCUT2D eigenvalue weighted by molar-refractivity contribution is -0.137. The minimum Gasteiger partial charge on any atom is -0.317 e. The second-order valence-corrected chi connectivity index (χ2v) is 9.82. The number of halogens is 4. The fourth-order valence-corrected chi connectivity index (χ4v) is 5.51. The molecule has 8 heteroatoms. The normalized spacial score (nSPS) is 19.0. The first-order valence-corrected chi connectivity index (χ1v) is 12.4. The number of benzene rings is 2. The molecular formula is C27H33F4N3O. The molecule has 1 heterocycles. The summed E-state index contributed by atoms with van der Waals surface area (Å²) < 4.78 is 53.3. The number of alkyl halides is 3. The maximum absolute atomic E-state index is 13.9. The molecule has 35 heavy (non-hydrogen) atoms. The Hall–Kier alpha value is -2.61. The molecule has 4 nitrogen and oxygen atoms in total. The third-order valence-electron chi connectivity index (χ3n) is 7.53. The van der Waals surface area contributed by atoms with Gasteiger partial charge in [-0.05, 0) is 62.3 Å². The van der Waals surface area contributed by atoms with E-state index in [1.54, 1.807) is 4.90 Å². The summed E-state index contributed by atoms with van der Waals surface area (Å²) in [6, 6.07) is 11.6. The van der Waals surface area contributed by atoms with Gasteiger partial charge >= 0.3 is 12.2 Å². The minimum absolute atomic E-state index is 0.0575. The van der Waals surface area contributed by atoms with Crippen molar-refractivity contribution < 1.29 is 22.4 Å². The smallest absolute Gasteiger partial charge is 0.317 e. The van der Waals surface area contributed by atoms with Gasteiger partial charge in [-0.3, -0.25) is 0 Å². The average Bonchev–Trinajstić information content (AvgIpc) is 3.37. The fourth-order valence-electron chi connectivity index (χ4n) is 5.51. The predicted molar refractivity (Wildman–Crippen MR) is 128 cm³/mol. The van der Waals surface area contributed by atoms with Gasteiger partial charge in [-0.25, -0.2) is 9.18 Å². The summed E-state index contributed by atoms with van der Waals surface area (Å²) in [7, 11) is 0. The molecule has 2 aromatic rings. The number of amides is 2. The molecule has 1 unspecified atom stereocenters. The van der Waals surface area contributed by atoms with E-state index in [1.165, 1.54) is 25.7 Å². The zero-order chi connectivity index (χ0) is 25.0. The van der Waals surface area contributed by atoms with E-state index >= 15 is 0 Å². The molecule has 2 fully saturated rings. The highest BCUT2D eigenvalue weighted by atomic mass is 19.4. The Morgan fingerprint density at radius 3 is 2.34 bits per heavy atom. The first-order valence-electron chi connectivity index (χ1n) is 12.4. The minimum atomic E-state index is -4.70. The lowest BCUT2D eigenvalue weighted by Gasteiger charge is -2.42. The summed E-state index contributed by atoms with van der Waals surface area (Å²) in [6.45, 7) is 4.38. The van der Waals surface area contributed by atoms with Crippen LogP contribution in [0.4, 0.5) is 28.0 Å². The number of carbonyl (C=O) groups is 1. The van der Waals surface area contributed by atoms with Crippen LogP contribution >= 0.6 is 0 Å². The standard InChI is InChI=1S/C27H33F4N3O/c1-19(21-9-5-6-10-21)33-13-11-25(12-14-33)34(18-20-7-3-2-4-8-20)26(35)32-24-16-22(27(29,30)31)15-23(28)17-24/h2-4,7-8,15-17,19,21,25H,5-6,9-14,18H2,1H3,(H,32,35). The van der Waals surface area contributed by atoms with Crippen LogP contribution < -0.4 is 5.32 Å².